The minimum Gasteiger partial charge on any atom is -0.507 e. The highest BCUT2D eigenvalue weighted by Crippen LogP contribution is 2.24. The highest BCUT2D eigenvalue weighted by molar-refractivity contribution is 7.14. The van der Waals surface area contributed by atoms with Crippen molar-refractivity contribution in [1.82, 2.24) is 10.3 Å². The molecule has 200 valence electrons. The fourth-order valence-corrected chi connectivity index (χ4v) is 3.90. The molecule has 2 atom stereocenters. The number of anilines is 1. The Morgan fingerprint density at radius 1 is 1.27 bits per heavy atom. The van der Waals surface area contributed by atoms with E-state index in [-0.39, 0.29) is 34.1 Å². The number of rotatable bonds is 14. The van der Waals surface area contributed by atoms with Gasteiger partial charge in [0.15, 0.2) is 10.8 Å². The quantitative estimate of drug-likeness (QED) is 0.0632. The molecule has 0 saturated heterocycles. The zero-order chi connectivity index (χ0) is 27.5. The maximum absolute atomic E-state index is 12.9. The van der Waals surface area contributed by atoms with Crippen LogP contribution in [0.3, 0.4) is 0 Å². The first-order valence-corrected chi connectivity index (χ1v) is 12.0. The number of carboxylic acid groups (broad SMARTS) is 1. The lowest BCUT2D eigenvalue weighted by Crippen LogP contribution is -2.50. The van der Waals surface area contributed by atoms with Gasteiger partial charge in [0.25, 0.3) is 5.91 Å². The van der Waals surface area contributed by atoms with Gasteiger partial charge in [0, 0.05) is 5.38 Å². The second-order valence-corrected chi connectivity index (χ2v) is 8.71. The highest BCUT2D eigenvalue weighted by Gasteiger charge is 2.30. The summed E-state index contributed by atoms with van der Waals surface area (Å²) in [6.45, 7) is 0.498. The first kappa shape index (κ1) is 29.7. The summed E-state index contributed by atoms with van der Waals surface area (Å²) in [5.41, 5.74) is 10.7. The zero-order valence-electron chi connectivity index (χ0n) is 20.0. The summed E-state index contributed by atoms with van der Waals surface area (Å²) in [4.78, 5) is 45.4. The lowest BCUT2D eigenvalue weighted by Gasteiger charge is -2.19. The van der Waals surface area contributed by atoms with Crippen LogP contribution in [0.4, 0.5) is 5.13 Å². The van der Waals surface area contributed by atoms with Gasteiger partial charge in [0.05, 0.1) is 12.0 Å². The molecule has 2 aromatic rings. The third kappa shape index (κ3) is 8.50. The molecule has 1 heterocycles. The first-order valence-electron chi connectivity index (χ1n) is 11.1. The van der Waals surface area contributed by atoms with Crippen LogP contribution in [0.5, 0.6) is 5.75 Å². The molecule has 0 bridgehead atoms. The van der Waals surface area contributed by atoms with E-state index in [1.807, 2.05) is 0 Å². The molecule has 0 saturated carbocycles. The number of oxime groups is 1. The number of benzene rings is 1. The van der Waals surface area contributed by atoms with E-state index in [1.165, 1.54) is 30.7 Å². The molecule has 0 aliphatic heterocycles. The SMILES string of the molecule is CO/N=C(\C(=O)N[C@@H](Cc1cccc(C(=O)O)c1O)B(O)O)c1csc(NC(=O)[C@@H](N)CCCCN)n1. The molecule has 16 heteroatoms. The smallest absolute Gasteiger partial charge is 0.475 e. The van der Waals surface area contributed by atoms with Gasteiger partial charge in [-0.25, -0.2) is 9.78 Å². The fraction of sp³-hybridized carbons (Fsp3) is 0.381. The number of unbranched alkanes of at least 4 members (excludes halogenated alkanes) is 1. The zero-order valence-corrected chi connectivity index (χ0v) is 20.8. The topological polar surface area (TPSA) is 243 Å². The second kappa shape index (κ2) is 14.2. The van der Waals surface area contributed by atoms with E-state index in [2.05, 4.69) is 20.8 Å². The number of phenols is 1. The molecule has 0 aliphatic rings. The summed E-state index contributed by atoms with van der Waals surface area (Å²) < 4.78 is 0. The Balaban J connectivity index is 2.15. The van der Waals surface area contributed by atoms with Crippen LogP contribution in [-0.2, 0) is 20.8 Å². The normalized spacial score (nSPS) is 12.9. The number of aromatic hydroxyl groups is 1. The van der Waals surface area contributed by atoms with Gasteiger partial charge in [-0.1, -0.05) is 23.7 Å². The van der Waals surface area contributed by atoms with E-state index in [0.717, 1.165) is 17.8 Å². The lowest BCUT2D eigenvalue weighted by atomic mass is 9.75. The lowest BCUT2D eigenvalue weighted by molar-refractivity contribution is -0.117. The van der Waals surface area contributed by atoms with Crippen molar-refractivity contribution in [3.63, 3.8) is 0 Å². The van der Waals surface area contributed by atoms with E-state index in [9.17, 15) is 34.6 Å². The van der Waals surface area contributed by atoms with Crippen molar-refractivity contribution >= 4 is 47.1 Å². The number of amides is 2. The molecule has 0 radical (unpaired) electrons. The molecule has 10 N–H and O–H groups in total. The van der Waals surface area contributed by atoms with E-state index in [4.69, 9.17) is 16.3 Å². The maximum atomic E-state index is 12.9. The minimum absolute atomic E-state index is 0.0262. The molecule has 0 fully saturated rings. The summed E-state index contributed by atoms with van der Waals surface area (Å²) in [5, 5.41) is 49.1. The van der Waals surface area contributed by atoms with Crippen molar-refractivity contribution in [3.8, 4) is 5.75 Å². The van der Waals surface area contributed by atoms with Crippen LogP contribution in [0.1, 0.15) is 40.9 Å². The number of nitrogens with zero attached hydrogens (tertiary/aromatic N) is 2. The molecular formula is C21H29BN6O8S. The van der Waals surface area contributed by atoms with Crippen molar-refractivity contribution in [2.24, 2.45) is 16.6 Å². The number of aromatic carboxylic acids is 1. The maximum Gasteiger partial charge on any atom is 0.475 e. The molecule has 1 aromatic heterocycles. The Kier molecular flexibility index (Phi) is 11.4. The van der Waals surface area contributed by atoms with Crippen LogP contribution in [0, 0.1) is 0 Å². The van der Waals surface area contributed by atoms with Gasteiger partial charge in [0.2, 0.25) is 5.91 Å². The Morgan fingerprint density at radius 2 is 2.00 bits per heavy atom. The van der Waals surface area contributed by atoms with Crippen molar-refractivity contribution in [3.05, 3.63) is 40.4 Å². The van der Waals surface area contributed by atoms with Gasteiger partial charge < -0.3 is 47.2 Å². The molecule has 37 heavy (non-hydrogen) atoms. The van der Waals surface area contributed by atoms with Crippen LogP contribution in [0.25, 0.3) is 0 Å². The third-order valence-electron chi connectivity index (χ3n) is 5.15. The van der Waals surface area contributed by atoms with E-state index < -0.39 is 42.6 Å². The number of carbonyl (C=O) groups is 3. The minimum atomic E-state index is -2.08. The Labute approximate surface area is 216 Å². The van der Waals surface area contributed by atoms with Crippen molar-refractivity contribution < 1.29 is 39.5 Å². The number of hydrogen-bond acceptors (Lipinski definition) is 12. The summed E-state index contributed by atoms with van der Waals surface area (Å²) in [6.07, 6.45) is 1.55. The molecule has 0 aliphatic carbocycles. The number of aromatic nitrogens is 1. The van der Waals surface area contributed by atoms with Crippen LogP contribution in [-0.4, -0.2) is 81.5 Å². The molecule has 0 unspecified atom stereocenters. The Hall–Kier alpha value is -3.57. The van der Waals surface area contributed by atoms with Crippen molar-refractivity contribution in [2.45, 2.75) is 37.7 Å². The first-order chi connectivity index (χ1) is 17.6. The number of nitrogens with two attached hydrogens (primary N) is 2. The molecule has 14 nitrogen and oxygen atoms in total. The summed E-state index contributed by atoms with van der Waals surface area (Å²) in [7, 11) is -0.886. The standard InChI is InChI=1S/C21H29BN6O8S/c1-36-28-16(14-10-37-21(25-14)27-18(30)13(24)7-2-3-8-23)19(31)26-15(22(34)35)9-11-5-4-6-12(17(11)29)20(32)33/h4-6,10,13,15,29,34-35H,2-3,7-9,23-24H2,1H3,(H,26,31)(H,32,33)(H,25,27,30)/b28-16-/t13-,15-/m0/s1. The second-order valence-electron chi connectivity index (χ2n) is 7.86. The van der Waals surface area contributed by atoms with Gasteiger partial charge >= 0.3 is 13.1 Å². The number of carbonyl (C=O) groups excluding carboxylic acids is 2. The van der Waals surface area contributed by atoms with Crippen molar-refractivity contribution in [1.29, 1.82) is 0 Å². The van der Waals surface area contributed by atoms with Crippen LogP contribution >= 0.6 is 11.3 Å². The van der Waals surface area contributed by atoms with Crippen LogP contribution in [0.15, 0.2) is 28.7 Å². The van der Waals surface area contributed by atoms with E-state index in [1.54, 1.807) is 0 Å². The van der Waals surface area contributed by atoms with Crippen molar-refractivity contribution in [2.75, 3.05) is 19.0 Å². The number of carboxylic acids is 1. The number of thiazole rings is 1. The van der Waals surface area contributed by atoms with Gasteiger partial charge in [0.1, 0.15) is 24.1 Å². The third-order valence-corrected chi connectivity index (χ3v) is 5.90. The summed E-state index contributed by atoms with van der Waals surface area (Å²) >= 11 is 1.01. The average Bonchev–Trinajstić information content (AvgIpc) is 3.30. The average molecular weight is 536 g/mol. The van der Waals surface area contributed by atoms with Gasteiger partial charge in [-0.15, -0.1) is 11.3 Å². The van der Waals surface area contributed by atoms with E-state index >= 15 is 0 Å². The largest absolute Gasteiger partial charge is 0.507 e. The van der Waals surface area contributed by atoms with E-state index in [0.29, 0.717) is 19.4 Å². The number of para-hydroxylation sites is 1. The molecular weight excluding hydrogens is 507 g/mol. The molecule has 2 amide bonds. The molecule has 0 spiro atoms. The van der Waals surface area contributed by atoms with Gasteiger partial charge in [-0.2, -0.15) is 0 Å². The van der Waals surface area contributed by atoms with Crippen LogP contribution in [0.2, 0.25) is 0 Å². The number of hydrogen-bond donors (Lipinski definition) is 8. The molecule has 1 aromatic carbocycles. The molecule has 2 rings (SSSR count). The Morgan fingerprint density at radius 3 is 2.62 bits per heavy atom. The number of nitrogens with one attached hydrogen (secondary N) is 2. The van der Waals surface area contributed by atoms with Crippen LogP contribution < -0.4 is 22.1 Å². The monoisotopic (exact) mass is 536 g/mol. The predicted octanol–water partition coefficient (Wildman–Crippen LogP) is -0.968. The van der Waals surface area contributed by atoms with Gasteiger partial charge in [-0.05, 0) is 37.4 Å². The highest BCUT2D eigenvalue weighted by atomic mass is 32.1. The summed E-state index contributed by atoms with van der Waals surface area (Å²) in [6, 6.07) is 3.16. The Bertz CT molecular complexity index is 1130. The predicted molar refractivity (Wildman–Crippen MR) is 136 cm³/mol. The van der Waals surface area contributed by atoms with Gasteiger partial charge in [-0.3, -0.25) is 9.59 Å². The summed E-state index contributed by atoms with van der Waals surface area (Å²) in [5.74, 6) is -4.67. The fourth-order valence-electron chi connectivity index (χ4n) is 3.21.